The number of amides is 1. The molecule has 5 nitrogen and oxygen atoms in total. The maximum absolute atomic E-state index is 12.3. The number of carbonyl (C=O) groups is 2. The molecule has 0 unspecified atom stereocenters. The number of nitrogens with zero attached hydrogens (tertiary/aromatic N) is 1. The summed E-state index contributed by atoms with van der Waals surface area (Å²) in [4.78, 5) is 25.9. The molecule has 21 heavy (non-hydrogen) atoms. The van der Waals surface area contributed by atoms with E-state index in [4.69, 9.17) is 0 Å². The van der Waals surface area contributed by atoms with Crippen LogP contribution in [0, 0.1) is 17.3 Å². The van der Waals surface area contributed by atoms with E-state index < -0.39 is 17.8 Å². The first kappa shape index (κ1) is 16.0. The molecule has 0 aromatic heterocycles. The van der Waals surface area contributed by atoms with Gasteiger partial charge in [0.2, 0.25) is 5.91 Å². The van der Waals surface area contributed by atoms with Gasteiger partial charge in [0.15, 0.2) is 0 Å². The van der Waals surface area contributed by atoms with Gasteiger partial charge in [-0.15, -0.1) is 0 Å². The fourth-order valence-electron chi connectivity index (χ4n) is 3.14. The lowest BCUT2D eigenvalue weighted by molar-refractivity contribution is -0.147. The summed E-state index contributed by atoms with van der Waals surface area (Å²) >= 11 is 0. The number of carboxylic acid groups (broad SMARTS) is 1. The Balaban J connectivity index is 1.89. The molecule has 0 spiro atoms. The average Bonchev–Trinajstić information content (AvgIpc) is 2.48. The summed E-state index contributed by atoms with van der Waals surface area (Å²) in [7, 11) is 2.12. The second-order valence-corrected chi connectivity index (χ2v) is 6.83. The minimum absolute atomic E-state index is 0.105. The molecular weight excluding hydrogens is 268 g/mol. The Bertz CT molecular complexity index is 425. The molecule has 1 aliphatic heterocycles. The highest BCUT2D eigenvalue weighted by Crippen LogP contribution is 2.30. The molecule has 2 N–H and O–H groups in total. The Morgan fingerprint density at radius 3 is 2.38 bits per heavy atom. The Morgan fingerprint density at radius 1 is 1.24 bits per heavy atom. The van der Waals surface area contributed by atoms with Crippen molar-refractivity contribution < 1.29 is 14.7 Å². The summed E-state index contributed by atoms with van der Waals surface area (Å²) in [5.74, 6) is -1.99. The fourth-order valence-corrected chi connectivity index (χ4v) is 3.14. The fraction of sp³-hybridized carbons (Fsp3) is 0.750. The summed E-state index contributed by atoms with van der Waals surface area (Å²) in [5, 5.41) is 12.2. The highest BCUT2D eigenvalue weighted by molar-refractivity contribution is 5.85. The molecule has 1 fully saturated rings. The number of nitrogens with one attached hydrogen (secondary N) is 1. The monoisotopic (exact) mass is 294 g/mol. The number of hydrogen-bond donors (Lipinski definition) is 2. The van der Waals surface area contributed by atoms with Gasteiger partial charge in [0.05, 0.1) is 11.8 Å². The molecule has 2 rings (SSSR count). The van der Waals surface area contributed by atoms with E-state index in [9.17, 15) is 14.7 Å². The van der Waals surface area contributed by atoms with Gasteiger partial charge in [-0.2, -0.15) is 0 Å². The number of rotatable bonds is 4. The summed E-state index contributed by atoms with van der Waals surface area (Å²) in [6.45, 7) is 4.95. The van der Waals surface area contributed by atoms with Gasteiger partial charge in [-0.1, -0.05) is 19.1 Å². The quantitative estimate of drug-likeness (QED) is 0.771. The number of piperidine rings is 1. The van der Waals surface area contributed by atoms with E-state index in [1.165, 1.54) is 0 Å². The van der Waals surface area contributed by atoms with Crippen molar-refractivity contribution in [1.82, 2.24) is 10.2 Å². The number of allylic oxidation sites excluding steroid dienone is 2. The zero-order valence-electron chi connectivity index (χ0n) is 13.0. The number of hydrogen-bond acceptors (Lipinski definition) is 3. The normalized spacial score (nSPS) is 29.0. The molecule has 1 aliphatic carbocycles. The van der Waals surface area contributed by atoms with E-state index >= 15 is 0 Å². The third kappa shape index (κ3) is 4.06. The third-order valence-corrected chi connectivity index (χ3v) is 4.97. The van der Waals surface area contributed by atoms with E-state index in [0.29, 0.717) is 19.4 Å². The molecule has 2 atom stereocenters. The van der Waals surface area contributed by atoms with E-state index in [0.717, 1.165) is 25.9 Å². The average molecular weight is 294 g/mol. The van der Waals surface area contributed by atoms with Crippen molar-refractivity contribution in [3.63, 3.8) is 0 Å². The number of likely N-dealkylation sites (tertiary alicyclic amines) is 1. The van der Waals surface area contributed by atoms with Gasteiger partial charge < -0.3 is 15.3 Å². The Kier molecular flexibility index (Phi) is 5.04. The van der Waals surface area contributed by atoms with Gasteiger partial charge in [-0.3, -0.25) is 9.59 Å². The second-order valence-electron chi connectivity index (χ2n) is 6.83. The predicted molar refractivity (Wildman–Crippen MR) is 80.8 cm³/mol. The first-order chi connectivity index (χ1) is 9.91. The molecule has 5 heteroatoms. The summed E-state index contributed by atoms with van der Waals surface area (Å²) in [6.07, 6.45) is 6.90. The van der Waals surface area contributed by atoms with Crippen LogP contribution in [0.25, 0.3) is 0 Å². The number of aliphatic carboxylic acids is 1. The van der Waals surface area contributed by atoms with Crippen molar-refractivity contribution in [3.8, 4) is 0 Å². The largest absolute Gasteiger partial charge is 0.481 e. The van der Waals surface area contributed by atoms with Gasteiger partial charge in [-0.05, 0) is 51.2 Å². The van der Waals surface area contributed by atoms with Crippen LogP contribution in [0.15, 0.2) is 12.2 Å². The molecule has 2 aliphatic rings. The van der Waals surface area contributed by atoms with Gasteiger partial charge in [-0.25, -0.2) is 0 Å². The maximum Gasteiger partial charge on any atom is 0.307 e. The van der Waals surface area contributed by atoms with Gasteiger partial charge in [0.1, 0.15) is 0 Å². The summed E-state index contributed by atoms with van der Waals surface area (Å²) in [5.41, 5.74) is 0.130. The van der Waals surface area contributed by atoms with Gasteiger partial charge in [0, 0.05) is 6.54 Å². The predicted octanol–water partition coefficient (Wildman–Crippen LogP) is 1.50. The standard InChI is InChI=1S/C16H26N2O3/c1-16(7-9-18(2)10-8-16)11-17-14(19)12-5-3-4-6-13(12)15(20)21/h3-4,12-13H,5-11H2,1-2H3,(H,17,19)(H,20,21)/t12-,13+/m1/s1. The highest BCUT2D eigenvalue weighted by Gasteiger charge is 2.35. The van der Waals surface area contributed by atoms with E-state index in [1.54, 1.807) is 0 Å². The molecule has 118 valence electrons. The van der Waals surface area contributed by atoms with Crippen LogP contribution in [0.3, 0.4) is 0 Å². The molecule has 1 heterocycles. The van der Waals surface area contributed by atoms with Crippen LogP contribution in [-0.2, 0) is 9.59 Å². The number of carbonyl (C=O) groups excluding carboxylic acids is 1. The van der Waals surface area contributed by atoms with Crippen LogP contribution in [-0.4, -0.2) is 48.6 Å². The number of carboxylic acids is 1. The lowest BCUT2D eigenvalue weighted by atomic mass is 9.79. The van der Waals surface area contributed by atoms with Crippen molar-refractivity contribution in [2.24, 2.45) is 17.3 Å². The Labute approximate surface area is 126 Å². The molecule has 1 amide bonds. The molecule has 0 radical (unpaired) electrons. The van der Waals surface area contributed by atoms with Crippen molar-refractivity contribution in [2.45, 2.75) is 32.6 Å². The van der Waals surface area contributed by atoms with Crippen molar-refractivity contribution in [2.75, 3.05) is 26.7 Å². The van der Waals surface area contributed by atoms with Crippen LogP contribution in [0.5, 0.6) is 0 Å². The van der Waals surface area contributed by atoms with Crippen molar-refractivity contribution in [1.29, 1.82) is 0 Å². The minimum atomic E-state index is -0.870. The van der Waals surface area contributed by atoms with Crippen LogP contribution in [0.1, 0.15) is 32.6 Å². The van der Waals surface area contributed by atoms with E-state index in [-0.39, 0.29) is 11.3 Å². The van der Waals surface area contributed by atoms with Crippen molar-refractivity contribution >= 4 is 11.9 Å². The molecular formula is C16H26N2O3. The molecule has 1 saturated heterocycles. The van der Waals surface area contributed by atoms with Crippen LogP contribution in [0.2, 0.25) is 0 Å². The van der Waals surface area contributed by atoms with Crippen LogP contribution in [0.4, 0.5) is 0 Å². The first-order valence-corrected chi connectivity index (χ1v) is 7.75. The summed E-state index contributed by atoms with van der Waals surface area (Å²) < 4.78 is 0. The van der Waals surface area contributed by atoms with E-state index in [1.807, 2.05) is 12.2 Å². The van der Waals surface area contributed by atoms with Gasteiger partial charge in [0.25, 0.3) is 0 Å². The molecule has 0 saturated carbocycles. The van der Waals surface area contributed by atoms with E-state index in [2.05, 4.69) is 24.2 Å². The van der Waals surface area contributed by atoms with Gasteiger partial charge >= 0.3 is 5.97 Å². The van der Waals surface area contributed by atoms with Crippen LogP contribution >= 0.6 is 0 Å². The maximum atomic E-state index is 12.3. The Hall–Kier alpha value is -1.36. The third-order valence-electron chi connectivity index (χ3n) is 4.97. The molecule has 0 aromatic rings. The SMILES string of the molecule is CN1CCC(C)(CNC(=O)[C@@H]2CC=CC[C@@H]2C(=O)O)CC1. The first-order valence-electron chi connectivity index (χ1n) is 7.75. The Morgan fingerprint density at radius 2 is 1.81 bits per heavy atom. The lowest BCUT2D eigenvalue weighted by Gasteiger charge is -2.38. The molecule has 0 aromatic carbocycles. The smallest absolute Gasteiger partial charge is 0.307 e. The zero-order chi connectivity index (χ0) is 15.5. The zero-order valence-corrected chi connectivity index (χ0v) is 13.0. The highest BCUT2D eigenvalue weighted by atomic mass is 16.4. The minimum Gasteiger partial charge on any atom is -0.481 e. The molecule has 0 bridgehead atoms. The lowest BCUT2D eigenvalue weighted by Crippen LogP contribution is -2.46. The summed E-state index contributed by atoms with van der Waals surface area (Å²) in [6, 6.07) is 0. The second kappa shape index (κ2) is 6.60. The topological polar surface area (TPSA) is 69.6 Å². The van der Waals surface area contributed by atoms with Crippen molar-refractivity contribution in [3.05, 3.63) is 12.2 Å². The van der Waals surface area contributed by atoms with Crippen LogP contribution < -0.4 is 5.32 Å².